The second-order valence-corrected chi connectivity index (χ2v) is 12.0. The van der Waals surface area contributed by atoms with Crippen LogP contribution < -0.4 is 0 Å². The molecule has 4 fully saturated rings. The van der Waals surface area contributed by atoms with Crippen LogP contribution in [0.3, 0.4) is 0 Å². The lowest BCUT2D eigenvalue weighted by atomic mass is 9.48. The summed E-state index contributed by atoms with van der Waals surface area (Å²) in [5.74, 6) is 3.97. The fourth-order valence-corrected chi connectivity index (χ4v) is 8.55. The molecular weight excluding hydrogens is 372 g/mol. The van der Waals surface area contributed by atoms with Crippen LogP contribution in [-0.4, -0.2) is 30.2 Å². The molecule has 0 aromatic rings. The summed E-state index contributed by atoms with van der Waals surface area (Å²) >= 11 is 0. The molecule has 2 saturated carbocycles. The van der Waals surface area contributed by atoms with E-state index >= 15 is 0 Å². The summed E-state index contributed by atoms with van der Waals surface area (Å²) in [6.07, 6.45) is 12.0. The number of ether oxygens (including phenoxy) is 2. The maximum Gasteiger partial charge on any atom is 0.170 e. The van der Waals surface area contributed by atoms with Gasteiger partial charge in [0.05, 0.1) is 19.3 Å². The Kier molecular flexibility index (Phi) is 6.93. The van der Waals surface area contributed by atoms with Gasteiger partial charge in [-0.25, -0.2) is 0 Å². The van der Waals surface area contributed by atoms with Gasteiger partial charge in [0, 0.05) is 12.3 Å². The van der Waals surface area contributed by atoms with Crippen molar-refractivity contribution in [3.63, 3.8) is 0 Å². The third-order valence-electron chi connectivity index (χ3n) is 10.3. The highest BCUT2D eigenvalue weighted by molar-refractivity contribution is 5.03. The van der Waals surface area contributed by atoms with Crippen molar-refractivity contribution in [2.75, 3.05) is 13.2 Å². The zero-order valence-corrected chi connectivity index (χ0v) is 20.4. The molecule has 3 nitrogen and oxygen atoms in total. The van der Waals surface area contributed by atoms with E-state index in [1.807, 2.05) is 0 Å². The zero-order valence-electron chi connectivity index (χ0n) is 20.4. The van der Waals surface area contributed by atoms with E-state index < -0.39 is 0 Å². The predicted octanol–water partition coefficient (Wildman–Crippen LogP) is 6.43. The molecule has 0 aromatic carbocycles. The first-order valence-electron chi connectivity index (χ1n) is 13.3. The van der Waals surface area contributed by atoms with Gasteiger partial charge in [-0.2, -0.15) is 0 Å². The summed E-state index contributed by atoms with van der Waals surface area (Å²) in [5, 5.41) is 11.2. The minimum atomic E-state index is -0.345. The lowest BCUT2D eigenvalue weighted by Gasteiger charge is -2.58. The highest BCUT2D eigenvalue weighted by Gasteiger charge is 2.54. The third kappa shape index (κ3) is 4.01. The quantitative estimate of drug-likeness (QED) is 0.559. The molecule has 2 aliphatic heterocycles. The Morgan fingerprint density at radius 1 is 0.933 bits per heavy atom. The van der Waals surface area contributed by atoms with Gasteiger partial charge in [0.15, 0.2) is 5.79 Å². The van der Waals surface area contributed by atoms with Gasteiger partial charge in [0.25, 0.3) is 0 Å². The van der Waals surface area contributed by atoms with Crippen molar-refractivity contribution in [1.29, 1.82) is 0 Å². The van der Waals surface area contributed by atoms with E-state index in [0.29, 0.717) is 40.9 Å². The fourth-order valence-electron chi connectivity index (χ4n) is 8.55. The smallest absolute Gasteiger partial charge is 0.170 e. The number of aliphatic hydroxyl groups excluding tert-OH is 1. The first-order chi connectivity index (χ1) is 14.3. The van der Waals surface area contributed by atoms with Gasteiger partial charge in [-0.05, 0) is 79.4 Å². The van der Waals surface area contributed by atoms with E-state index in [9.17, 15) is 5.11 Å². The van der Waals surface area contributed by atoms with Gasteiger partial charge in [0.2, 0.25) is 0 Å². The fraction of sp³-hybridized carbons (Fsp3) is 1.00. The van der Waals surface area contributed by atoms with Gasteiger partial charge in [-0.3, -0.25) is 0 Å². The first kappa shape index (κ1) is 23.1. The second kappa shape index (κ2) is 9.02. The Morgan fingerprint density at radius 3 is 2.43 bits per heavy atom. The van der Waals surface area contributed by atoms with E-state index in [4.69, 9.17) is 9.47 Å². The number of hydrogen-bond acceptors (Lipinski definition) is 3. The largest absolute Gasteiger partial charge is 0.393 e. The van der Waals surface area contributed by atoms with Gasteiger partial charge in [0.1, 0.15) is 0 Å². The third-order valence-corrected chi connectivity index (χ3v) is 10.3. The maximum absolute atomic E-state index is 11.2. The molecular formula is C27H48O3. The van der Waals surface area contributed by atoms with Crippen LogP contribution in [-0.2, 0) is 9.47 Å². The molecule has 2 saturated heterocycles. The van der Waals surface area contributed by atoms with Gasteiger partial charge >= 0.3 is 0 Å². The van der Waals surface area contributed by atoms with Gasteiger partial charge in [-0.15, -0.1) is 0 Å². The molecule has 0 bridgehead atoms. The molecule has 0 aromatic heterocycles. The molecule has 174 valence electrons. The highest BCUT2D eigenvalue weighted by Crippen LogP contribution is 2.59. The number of rotatable bonds is 2. The van der Waals surface area contributed by atoms with E-state index in [1.165, 1.54) is 44.9 Å². The molecule has 1 N–H and O–H groups in total. The van der Waals surface area contributed by atoms with Crippen molar-refractivity contribution >= 4 is 0 Å². The predicted molar refractivity (Wildman–Crippen MR) is 122 cm³/mol. The molecule has 4 aliphatic rings. The monoisotopic (exact) mass is 420 g/mol. The Bertz CT molecular complexity index is 568. The van der Waals surface area contributed by atoms with E-state index in [-0.39, 0.29) is 11.9 Å². The molecule has 2 aliphatic carbocycles. The summed E-state index contributed by atoms with van der Waals surface area (Å²) < 4.78 is 13.0. The molecule has 10 atom stereocenters. The van der Waals surface area contributed by atoms with Crippen LogP contribution in [0.15, 0.2) is 0 Å². The zero-order chi connectivity index (χ0) is 21.5. The Labute approximate surface area is 185 Å². The van der Waals surface area contributed by atoms with E-state index in [2.05, 4.69) is 34.6 Å². The Hall–Kier alpha value is -0.120. The van der Waals surface area contributed by atoms with Gasteiger partial charge < -0.3 is 14.6 Å². The van der Waals surface area contributed by atoms with Crippen molar-refractivity contribution in [2.45, 2.75) is 111 Å². The van der Waals surface area contributed by atoms with Crippen LogP contribution in [0.2, 0.25) is 0 Å². The normalized spacial score (nSPS) is 53.0. The van der Waals surface area contributed by atoms with Crippen LogP contribution in [0, 0.1) is 46.8 Å². The minimum absolute atomic E-state index is 0.103. The first-order valence-corrected chi connectivity index (χ1v) is 13.3. The lowest BCUT2D eigenvalue weighted by molar-refractivity contribution is -0.298. The van der Waals surface area contributed by atoms with Crippen LogP contribution >= 0.6 is 0 Å². The summed E-state index contributed by atoms with van der Waals surface area (Å²) in [4.78, 5) is 0. The lowest BCUT2D eigenvalue weighted by Crippen LogP contribution is -2.54. The topological polar surface area (TPSA) is 38.7 Å². The number of hydrogen-bond donors (Lipinski definition) is 1. The molecule has 4 rings (SSSR count). The average Bonchev–Trinajstić information content (AvgIpc) is 2.71. The van der Waals surface area contributed by atoms with E-state index in [1.54, 1.807) is 0 Å². The number of fused-ring (bicyclic) bond motifs is 1. The Morgan fingerprint density at radius 2 is 1.73 bits per heavy atom. The SMILES string of the molecule is CCC1C(C2CCOC3(CCC(C)CO3)C(C)CC2C)CC(O)C2CCCCC21C. The molecule has 2 heterocycles. The summed E-state index contributed by atoms with van der Waals surface area (Å²) in [5.41, 5.74) is 0.327. The highest BCUT2D eigenvalue weighted by atomic mass is 16.7. The van der Waals surface area contributed by atoms with Crippen LogP contribution in [0.25, 0.3) is 0 Å². The minimum Gasteiger partial charge on any atom is -0.393 e. The maximum atomic E-state index is 11.2. The summed E-state index contributed by atoms with van der Waals surface area (Å²) in [7, 11) is 0. The molecule has 30 heavy (non-hydrogen) atoms. The van der Waals surface area contributed by atoms with Crippen molar-refractivity contribution < 1.29 is 14.6 Å². The van der Waals surface area contributed by atoms with Crippen LogP contribution in [0.1, 0.15) is 98.8 Å². The molecule has 10 unspecified atom stereocenters. The average molecular weight is 421 g/mol. The van der Waals surface area contributed by atoms with Crippen molar-refractivity contribution in [2.24, 2.45) is 46.8 Å². The summed E-state index contributed by atoms with van der Waals surface area (Å²) in [6, 6.07) is 0. The van der Waals surface area contributed by atoms with Crippen molar-refractivity contribution in [3.05, 3.63) is 0 Å². The molecule has 0 radical (unpaired) electrons. The standard InChI is InChI=1S/C27H48O3/c1-6-23-22(16-25(28)24-9-7-8-12-26(23,24)5)21-11-14-29-27(20(4)15-19(21)3)13-10-18(2)17-30-27/h18-25,28H,6-17H2,1-5H3. The van der Waals surface area contributed by atoms with Gasteiger partial charge in [-0.1, -0.05) is 53.9 Å². The second-order valence-electron chi connectivity index (χ2n) is 12.0. The van der Waals surface area contributed by atoms with Crippen LogP contribution in [0.4, 0.5) is 0 Å². The molecule has 3 heteroatoms. The molecule has 0 amide bonds. The summed E-state index contributed by atoms with van der Waals surface area (Å²) in [6.45, 7) is 13.7. The number of aliphatic hydroxyl groups is 1. The van der Waals surface area contributed by atoms with Crippen molar-refractivity contribution in [3.8, 4) is 0 Å². The van der Waals surface area contributed by atoms with E-state index in [0.717, 1.165) is 38.4 Å². The van der Waals surface area contributed by atoms with Crippen molar-refractivity contribution in [1.82, 2.24) is 0 Å². The van der Waals surface area contributed by atoms with Crippen LogP contribution in [0.5, 0.6) is 0 Å². The Balaban J connectivity index is 1.52. The molecule has 1 spiro atoms.